The number of nitrogens with one attached hydrogen (secondary N) is 1. The van der Waals surface area contributed by atoms with Gasteiger partial charge in [0.2, 0.25) is 5.91 Å². The fourth-order valence-electron chi connectivity index (χ4n) is 10.6. The zero-order valence-corrected chi connectivity index (χ0v) is 48.7. The Balaban J connectivity index is 3.57. The van der Waals surface area contributed by atoms with Crippen LogP contribution in [0.4, 0.5) is 0 Å². The van der Waals surface area contributed by atoms with Crippen LogP contribution in [-0.2, 0) is 4.79 Å². The summed E-state index contributed by atoms with van der Waals surface area (Å²) in [5.41, 5.74) is 0. The summed E-state index contributed by atoms with van der Waals surface area (Å²) in [6, 6.07) is -0.986. The molecule has 0 aromatic carbocycles. The molecule has 0 heterocycles. The normalized spacial score (nSPS) is 13.7. The van der Waals surface area contributed by atoms with Crippen molar-refractivity contribution in [1.82, 2.24) is 5.32 Å². The first-order chi connectivity index (χ1) is 35.5. The average molecular weight is 1020 g/mol. The first kappa shape index (κ1) is 70.8. The van der Waals surface area contributed by atoms with Gasteiger partial charge in [0.25, 0.3) is 0 Å². The molecule has 0 aliphatic carbocycles. The first-order valence-electron chi connectivity index (χ1n) is 32.7. The van der Waals surface area contributed by atoms with E-state index in [9.17, 15) is 25.2 Å². The van der Waals surface area contributed by atoms with Gasteiger partial charge in [0.15, 0.2) is 0 Å². The van der Waals surface area contributed by atoms with Crippen molar-refractivity contribution in [3.05, 3.63) is 24.3 Å². The van der Waals surface area contributed by atoms with Crippen LogP contribution < -0.4 is 5.32 Å². The van der Waals surface area contributed by atoms with Gasteiger partial charge in [-0.1, -0.05) is 340 Å². The number of hydrogen-bond acceptors (Lipinski definition) is 5. The van der Waals surface area contributed by atoms with Crippen LogP contribution in [0.2, 0.25) is 0 Å². The molecular weight excluding hydrogens is 887 g/mol. The van der Waals surface area contributed by atoms with Gasteiger partial charge in [-0.3, -0.25) is 4.79 Å². The Labute approximate surface area is 450 Å². The van der Waals surface area contributed by atoms with Gasteiger partial charge in [0.05, 0.1) is 18.8 Å². The SMILES string of the molecule is CCCCCCCCCCC/C=C\C/C=C\CCCCCCCCCCCCCCC(O)C(=O)NC(CO)C(O)C(O)CCCCCCCCCCCCCCCCCCCCCCCCCCCCCC. The fourth-order valence-corrected chi connectivity index (χ4v) is 10.6. The number of aliphatic hydroxyl groups excluding tert-OH is 4. The van der Waals surface area contributed by atoms with E-state index in [1.165, 1.54) is 289 Å². The van der Waals surface area contributed by atoms with Crippen LogP contribution in [0.25, 0.3) is 0 Å². The number of amides is 1. The summed E-state index contributed by atoms with van der Waals surface area (Å²) in [7, 11) is 0. The summed E-state index contributed by atoms with van der Waals surface area (Å²) >= 11 is 0. The molecule has 72 heavy (non-hydrogen) atoms. The van der Waals surface area contributed by atoms with E-state index in [4.69, 9.17) is 0 Å². The van der Waals surface area contributed by atoms with Gasteiger partial charge in [-0.25, -0.2) is 0 Å². The Hall–Kier alpha value is -1.21. The lowest BCUT2D eigenvalue weighted by atomic mass is 9.99. The molecule has 1 amide bonds. The van der Waals surface area contributed by atoms with Crippen molar-refractivity contribution >= 4 is 5.91 Å². The minimum Gasteiger partial charge on any atom is -0.394 e. The Kier molecular flexibility index (Phi) is 59.6. The van der Waals surface area contributed by atoms with Gasteiger partial charge in [-0.15, -0.1) is 0 Å². The maximum Gasteiger partial charge on any atom is 0.249 e. The number of allylic oxidation sites excluding steroid dienone is 4. The van der Waals surface area contributed by atoms with Crippen LogP contribution in [0.5, 0.6) is 0 Å². The molecule has 6 nitrogen and oxygen atoms in total. The molecule has 0 spiro atoms. The highest BCUT2D eigenvalue weighted by molar-refractivity contribution is 5.80. The third-order valence-corrected chi connectivity index (χ3v) is 15.7. The number of carbonyl (C=O) groups is 1. The van der Waals surface area contributed by atoms with E-state index in [0.29, 0.717) is 12.8 Å². The monoisotopic (exact) mass is 1020 g/mol. The van der Waals surface area contributed by atoms with E-state index >= 15 is 0 Å². The van der Waals surface area contributed by atoms with E-state index < -0.39 is 36.9 Å². The summed E-state index contributed by atoms with van der Waals surface area (Å²) in [5.74, 6) is -0.579. The Morgan fingerprint density at radius 3 is 0.875 bits per heavy atom. The van der Waals surface area contributed by atoms with Crippen LogP contribution in [0.15, 0.2) is 24.3 Å². The van der Waals surface area contributed by atoms with Crippen LogP contribution in [0, 0.1) is 0 Å². The summed E-state index contributed by atoms with van der Waals surface area (Å²) in [6.07, 6.45) is 75.6. The predicted octanol–water partition coefficient (Wildman–Crippen LogP) is 19.8. The molecular formula is C66H129NO5. The van der Waals surface area contributed by atoms with Crippen molar-refractivity contribution < 1.29 is 25.2 Å². The van der Waals surface area contributed by atoms with E-state index in [-0.39, 0.29) is 0 Å². The first-order valence-corrected chi connectivity index (χ1v) is 32.7. The predicted molar refractivity (Wildman–Crippen MR) is 316 cm³/mol. The zero-order valence-electron chi connectivity index (χ0n) is 48.7. The molecule has 0 bridgehead atoms. The molecule has 0 radical (unpaired) electrons. The van der Waals surface area contributed by atoms with Gasteiger partial charge in [-0.05, 0) is 44.9 Å². The summed E-state index contributed by atoms with van der Waals surface area (Å²) in [4.78, 5) is 12.6. The van der Waals surface area contributed by atoms with Crippen molar-refractivity contribution in [3.63, 3.8) is 0 Å². The molecule has 6 heteroatoms. The highest BCUT2D eigenvalue weighted by Gasteiger charge is 2.28. The van der Waals surface area contributed by atoms with Crippen molar-refractivity contribution in [2.24, 2.45) is 0 Å². The van der Waals surface area contributed by atoms with E-state index in [1.54, 1.807) is 0 Å². The highest BCUT2D eigenvalue weighted by atomic mass is 16.3. The van der Waals surface area contributed by atoms with Crippen molar-refractivity contribution in [2.75, 3.05) is 6.61 Å². The number of carbonyl (C=O) groups excluding carboxylic acids is 1. The maximum absolute atomic E-state index is 12.6. The summed E-state index contributed by atoms with van der Waals surface area (Å²) < 4.78 is 0. The molecule has 0 saturated heterocycles. The van der Waals surface area contributed by atoms with Crippen LogP contribution in [0.1, 0.15) is 361 Å². The largest absolute Gasteiger partial charge is 0.394 e. The third kappa shape index (κ3) is 53.6. The van der Waals surface area contributed by atoms with Crippen molar-refractivity contribution in [2.45, 2.75) is 385 Å². The smallest absolute Gasteiger partial charge is 0.249 e. The topological polar surface area (TPSA) is 110 Å². The summed E-state index contributed by atoms with van der Waals surface area (Å²) in [6.45, 7) is 4.10. The number of rotatable bonds is 61. The lowest BCUT2D eigenvalue weighted by molar-refractivity contribution is -0.132. The minimum absolute atomic E-state index is 0.370. The number of hydrogen-bond donors (Lipinski definition) is 5. The Morgan fingerprint density at radius 1 is 0.347 bits per heavy atom. The summed E-state index contributed by atoms with van der Waals surface area (Å²) in [5, 5.41) is 44.2. The molecule has 428 valence electrons. The van der Waals surface area contributed by atoms with Gasteiger partial charge >= 0.3 is 0 Å². The van der Waals surface area contributed by atoms with Crippen molar-refractivity contribution in [1.29, 1.82) is 0 Å². The third-order valence-electron chi connectivity index (χ3n) is 15.7. The molecule has 0 aromatic heterocycles. The molecule has 0 aromatic rings. The molecule has 0 saturated carbocycles. The van der Waals surface area contributed by atoms with Crippen LogP contribution in [-0.4, -0.2) is 57.3 Å². The molecule has 0 fully saturated rings. The zero-order chi connectivity index (χ0) is 52.3. The van der Waals surface area contributed by atoms with E-state index in [2.05, 4.69) is 43.5 Å². The van der Waals surface area contributed by atoms with Crippen LogP contribution in [0.3, 0.4) is 0 Å². The molecule has 4 unspecified atom stereocenters. The van der Waals surface area contributed by atoms with E-state index in [1.807, 2.05) is 0 Å². The maximum atomic E-state index is 12.6. The van der Waals surface area contributed by atoms with Gasteiger partial charge in [0, 0.05) is 0 Å². The number of unbranched alkanes of at least 4 members (excludes halogenated alkanes) is 48. The second kappa shape index (κ2) is 60.7. The molecule has 5 N–H and O–H groups in total. The van der Waals surface area contributed by atoms with Gasteiger partial charge in [0.1, 0.15) is 12.2 Å². The second-order valence-electron chi connectivity index (χ2n) is 22.8. The standard InChI is InChI=1S/C66H129NO5/c1-3-5-7-9-11-13-15-17-19-21-23-25-27-29-31-33-35-37-39-41-43-45-47-49-51-53-55-57-59-63(69)65(71)62(61-68)67-66(72)64(70)60-58-56-54-52-50-48-46-44-42-40-38-36-34-32-30-28-26-24-22-20-18-16-14-12-10-8-6-4-2/h24,26,30,32,62-65,68-71H,3-23,25,27-29,31,33-61H2,1-2H3,(H,67,72)/b26-24-,32-30-. The molecule has 0 aliphatic rings. The van der Waals surface area contributed by atoms with Gasteiger partial charge < -0.3 is 25.7 Å². The Morgan fingerprint density at radius 2 is 0.597 bits per heavy atom. The highest BCUT2D eigenvalue weighted by Crippen LogP contribution is 2.19. The lowest BCUT2D eigenvalue weighted by Gasteiger charge is -2.27. The number of aliphatic hydroxyl groups is 4. The quantitative estimate of drug-likeness (QED) is 0.0308. The lowest BCUT2D eigenvalue weighted by Crippen LogP contribution is -2.53. The average Bonchev–Trinajstić information content (AvgIpc) is 3.39. The van der Waals surface area contributed by atoms with E-state index in [0.717, 1.165) is 44.9 Å². The Bertz CT molecular complexity index is 1100. The molecule has 0 aliphatic heterocycles. The molecule has 4 atom stereocenters. The minimum atomic E-state index is -1.26. The second-order valence-corrected chi connectivity index (χ2v) is 22.8. The van der Waals surface area contributed by atoms with Gasteiger partial charge in [-0.2, -0.15) is 0 Å². The van der Waals surface area contributed by atoms with Crippen LogP contribution >= 0.6 is 0 Å². The fraction of sp³-hybridized carbons (Fsp3) is 0.924. The molecule has 0 rings (SSSR count). The van der Waals surface area contributed by atoms with Crippen molar-refractivity contribution in [3.8, 4) is 0 Å².